The van der Waals surface area contributed by atoms with Crippen molar-refractivity contribution in [3.63, 3.8) is 0 Å². The van der Waals surface area contributed by atoms with Gasteiger partial charge in [-0.3, -0.25) is 4.79 Å². The molecule has 0 aliphatic rings. The first-order valence-electron chi connectivity index (χ1n) is 11.7. The molecule has 0 aliphatic heterocycles. The normalized spacial score (nSPS) is 11.3. The zero-order valence-corrected chi connectivity index (χ0v) is 19.9. The van der Waals surface area contributed by atoms with E-state index in [4.69, 9.17) is 4.74 Å². The maximum absolute atomic E-state index is 13.8. The van der Waals surface area contributed by atoms with Crippen LogP contribution in [0.15, 0.2) is 65.7 Å². The van der Waals surface area contributed by atoms with Crippen LogP contribution in [0, 0.1) is 12.7 Å². The standard InChI is InChI=1S/C26H25FN6O3/c1-3-4-13-36-20-9-6-18(7-10-20)22-15-23-25-30-33(26(35)31(25)11-12-32(23)29-22)16-24(34)28-19-8-5-17(2)21(27)14-19/h5-12,14-15H,3-4,13,16H2,1-2H3,(H,28,34). The number of aromatic nitrogens is 5. The second-order valence-corrected chi connectivity index (χ2v) is 8.53. The van der Waals surface area contributed by atoms with Crippen molar-refractivity contribution in [2.24, 2.45) is 0 Å². The molecule has 0 aliphatic carbocycles. The molecule has 3 heterocycles. The second kappa shape index (κ2) is 9.65. The molecule has 0 unspecified atom stereocenters. The average molecular weight is 489 g/mol. The maximum atomic E-state index is 13.8. The van der Waals surface area contributed by atoms with Gasteiger partial charge in [0.1, 0.15) is 23.6 Å². The summed E-state index contributed by atoms with van der Waals surface area (Å²) in [4.78, 5) is 25.4. The summed E-state index contributed by atoms with van der Waals surface area (Å²) in [6.07, 6.45) is 5.30. The number of hydrogen-bond donors (Lipinski definition) is 1. The van der Waals surface area contributed by atoms with Gasteiger partial charge >= 0.3 is 5.69 Å². The minimum atomic E-state index is -0.491. The van der Waals surface area contributed by atoms with E-state index < -0.39 is 17.4 Å². The molecule has 5 aromatic rings. The fourth-order valence-corrected chi connectivity index (χ4v) is 3.84. The molecule has 1 amide bonds. The number of nitrogens with one attached hydrogen (secondary N) is 1. The van der Waals surface area contributed by atoms with Gasteiger partial charge < -0.3 is 10.1 Å². The predicted molar refractivity (Wildman–Crippen MR) is 134 cm³/mol. The predicted octanol–water partition coefficient (Wildman–Crippen LogP) is 4.08. The van der Waals surface area contributed by atoms with Gasteiger partial charge in [-0.1, -0.05) is 19.4 Å². The first-order valence-corrected chi connectivity index (χ1v) is 11.7. The van der Waals surface area contributed by atoms with Gasteiger partial charge in [-0.05, 0) is 61.4 Å². The van der Waals surface area contributed by atoms with E-state index in [1.165, 1.54) is 10.5 Å². The Balaban J connectivity index is 1.39. The van der Waals surface area contributed by atoms with Crippen molar-refractivity contribution in [2.45, 2.75) is 33.2 Å². The number of aryl methyl sites for hydroxylation is 1. The van der Waals surface area contributed by atoms with Crippen LogP contribution in [-0.2, 0) is 11.3 Å². The van der Waals surface area contributed by atoms with Gasteiger partial charge in [-0.2, -0.15) is 5.10 Å². The van der Waals surface area contributed by atoms with Crippen molar-refractivity contribution in [1.82, 2.24) is 23.8 Å². The molecule has 0 bridgehead atoms. The van der Waals surface area contributed by atoms with Gasteiger partial charge in [-0.25, -0.2) is 22.8 Å². The third kappa shape index (κ3) is 4.57. The number of fused-ring (bicyclic) bond motifs is 3. The van der Waals surface area contributed by atoms with Crippen LogP contribution >= 0.6 is 0 Å². The van der Waals surface area contributed by atoms with Gasteiger partial charge in [0.2, 0.25) is 5.91 Å². The number of carbonyl (C=O) groups is 1. The van der Waals surface area contributed by atoms with Crippen LogP contribution in [0.4, 0.5) is 10.1 Å². The zero-order valence-electron chi connectivity index (χ0n) is 19.9. The van der Waals surface area contributed by atoms with Crippen LogP contribution in [0.25, 0.3) is 22.4 Å². The third-order valence-corrected chi connectivity index (χ3v) is 5.86. The summed E-state index contributed by atoms with van der Waals surface area (Å²) in [5.41, 5.74) is 2.92. The molecule has 2 aromatic carbocycles. The van der Waals surface area contributed by atoms with E-state index in [0.29, 0.717) is 34.7 Å². The van der Waals surface area contributed by atoms with Gasteiger partial charge in [-0.15, -0.1) is 5.10 Å². The maximum Gasteiger partial charge on any atom is 0.350 e. The number of carbonyl (C=O) groups excluding carboxylic acids is 1. The molecule has 36 heavy (non-hydrogen) atoms. The Bertz CT molecular complexity index is 1620. The van der Waals surface area contributed by atoms with E-state index in [0.717, 1.165) is 28.8 Å². The monoisotopic (exact) mass is 488 g/mol. The van der Waals surface area contributed by atoms with Gasteiger partial charge in [0.25, 0.3) is 0 Å². The molecule has 3 aromatic heterocycles. The molecular weight excluding hydrogens is 463 g/mol. The third-order valence-electron chi connectivity index (χ3n) is 5.86. The van der Waals surface area contributed by atoms with E-state index in [2.05, 4.69) is 22.4 Å². The molecule has 10 heteroatoms. The summed E-state index contributed by atoms with van der Waals surface area (Å²) in [5.74, 6) is -0.110. The van der Waals surface area contributed by atoms with Crippen LogP contribution in [0.2, 0.25) is 0 Å². The summed E-state index contributed by atoms with van der Waals surface area (Å²) >= 11 is 0. The SMILES string of the molecule is CCCCOc1ccc(-c2cc3c4nn(CC(=O)Nc5ccc(C)c(F)c5)c(=O)n4ccn3n2)cc1. The van der Waals surface area contributed by atoms with E-state index in [1.54, 1.807) is 36.0 Å². The highest BCUT2D eigenvalue weighted by atomic mass is 19.1. The number of unbranched alkanes of at least 4 members (excludes halogenated alkanes) is 1. The lowest BCUT2D eigenvalue weighted by Gasteiger charge is -2.05. The lowest BCUT2D eigenvalue weighted by atomic mass is 10.1. The minimum Gasteiger partial charge on any atom is -0.494 e. The molecule has 0 radical (unpaired) electrons. The summed E-state index contributed by atoms with van der Waals surface area (Å²) in [6.45, 7) is 4.12. The minimum absolute atomic E-state index is 0.310. The summed E-state index contributed by atoms with van der Waals surface area (Å²) in [5, 5.41) is 11.6. The first kappa shape index (κ1) is 23.3. The fourth-order valence-electron chi connectivity index (χ4n) is 3.84. The quantitative estimate of drug-likeness (QED) is 0.332. The molecule has 0 atom stereocenters. The molecule has 0 spiro atoms. The number of halogens is 1. The van der Waals surface area contributed by atoms with E-state index >= 15 is 0 Å². The van der Waals surface area contributed by atoms with E-state index in [9.17, 15) is 14.0 Å². The van der Waals surface area contributed by atoms with Crippen LogP contribution in [0.1, 0.15) is 25.3 Å². The number of rotatable bonds is 8. The van der Waals surface area contributed by atoms with E-state index in [-0.39, 0.29) is 6.54 Å². The Labute approximate surface area is 205 Å². The number of anilines is 1. The Kier molecular flexibility index (Phi) is 6.24. The molecule has 5 rings (SSSR count). The number of benzene rings is 2. The molecule has 184 valence electrons. The molecule has 0 saturated carbocycles. The molecule has 0 fully saturated rings. The van der Waals surface area contributed by atoms with Crippen molar-refractivity contribution < 1.29 is 13.9 Å². The van der Waals surface area contributed by atoms with Crippen molar-refractivity contribution in [3.05, 3.63) is 82.8 Å². The fraction of sp³-hybridized carbons (Fsp3) is 0.231. The Morgan fingerprint density at radius 3 is 2.64 bits per heavy atom. The zero-order chi connectivity index (χ0) is 25.2. The first-order chi connectivity index (χ1) is 17.4. The highest BCUT2D eigenvalue weighted by Crippen LogP contribution is 2.24. The molecule has 0 saturated heterocycles. The largest absolute Gasteiger partial charge is 0.494 e. The van der Waals surface area contributed by atoms with Crippen molar-refractivity contribution in [1.29, 1.82) is 0 Å². The van der Waals surface area contributed by atoms with Crippen LogP contribution in [0.5, 0.6) is 5.75 Å². The van der Waals surface area contributed by atoms with Crippen LogP contribution < -0.4 is 15.7 Å². The highest BCUT2D eigenvalue weighted by Gasteiger charge is 2.16. The topological polar surface area (TPSA) is 94.9 Å². The Morgan fingerprint density at radius 2 is 1.89 bits per heavy atom. The number of ether oxygens (including phenoxy) is 1. The number of amides is 1. The van der Waals surface area contributed by atoms with Gasteiger partial charge in [0.15, 0.2) is 5.65 Å². The smallest absolute Gasteiger partial charge is 0.350 e. The van der Waals surface area contributed by atoms with Crippen LogP contribution in [0.3, 0.4) is 0 Å². The summed E-state index contributed by atoms with van der Waals surface area (Å²) < 4.78 is 23.6. The lowest BCUT2D eigenvalue weighted by molar-refractivity contribution is -0.117. The summed E-state index contributed by atoms with van der Waals surface area (Å²) in [7, 11) is 0. The average Bonchev–Trinajstić information content (AvgIpc) is 3.43. The van der Waals surface area contributed by atoms with E-state index in [1.807, 2.05) is 30.3 Å². The second-order valence-electron chi connectivity index (χ2n) is 8.53. The van der Waals surface area contributed by atoms with Crippen molar-refractivity contribution >= 4 is 22.8 Å². The van der Waals surface area contributed by atoms with Crippen LogP contribution in [-0.4, -0.2) is 36.3 Å². The Morgan fingerprint density at radius 1 is 1.08 bits per heavy atom. The van der Waals surface area contributed by atoms with Gasteiger partial charge in [0, 0.05) is 23.6 Å². The molecule has 9 nitrogen and oxygen atoms in total. The highest BCUT2D eigenvalue weighted by molar-refractivity contribution is 5.90. The molecular formula is C26H25FN6O3. The van der Waals surface area contributed by atoms with Gasteiger partial charge in [0.05, 0.1) is 12.3 Å². The molecule has 1 N–H and O–H groups in total. The number of hydrogen-bond acceptors (Lipinski definition) is 5. The number of nitrogens with zero attached hydrogens (tertiary/aromatic N) is 5. The lowest BCUT2D eigenvalue weighted by Crippen LogP contribution is -2.28. The Hall–Kier alpha value is -4.47. The van der Waals surface area contributed by atoms with Crippen molar-refractivity contribution in [2.75, 3.05) is 11.9 Å². The summed E-state index contributed by atoms with van der Waals surface area (Å²) in [6, 6.07) is 13.9. The van der Waals surface area contributed by atoms with Crippen molar-refractivity contribution in [3.8, 4) is 17.0 Å².